The average Bonchev–Trinajstić information content (AvgIpc) is 3.09. The second kappa shape index (κ2) is 6.76. The van der Waals surface area contributed by atoms with E-state index in [1.807, 2.05) is 26.0 Å². The van der Waals surface area contributed by atoms with Gasteiger partial charge < -0.3 is 25.2 Å². The molecule has 126 valence electrons. The van der Waals surface area contributed by atoms with E-state index >= 15 is 0 Å². The summed E-state index contributed by atoms with van der Waals surface area (Å²) in [5, 5.41) is 15.4. The van der Waals surface area contributed by atoms with Gasteiger partial charge in [-0.1, -0.05) is 0 Å². The lowest BCUT2D eigenvalue weighted by Crippen LogP contribution is -2.40. The van der Waals surface area contributed by atoms with Crippen LogP contribution >= 0.6 is 0 Å². The van der Waals surface area contributed by atoms with Crippen molar-refractivity contribution in [3.05, 3.63) is 23.3 Å². The maximum Gasteiger partial charge on any atom is 0.237 e. The summed E-state index contributed by atoms with van der Waals surface area (Å²) in [6.07, 6.45) is 1.06. The summed E-state index contributed by atoms with van der Waals surface area (Å²) in [6, 6.07) is 3.65. The first kappa shape index (κ1) is 16.1. The van der Waals surface area contributed by atoms with Gasteiger partial charge in [0.25, 0.3) is 0 Å². The molecule has 2 aliphatic heterocycles. The van der Waals surface area contributed by atoms with Crippen LogP contribution in [0.3, 0.4) is 0 Å². The van der Waals surface area contributed by atoms with Gasteiger partial charge in [0, 0.05) is 30.6 Å². The Hall–Kier alpha value is -1.79. The number of aliphatic hydroxyl groups is 1. The topological polar surface area (TPSA) is 79.8 Å². The van der Waals surface area contributed by atoms with Crippen LogP contribution in [0.15, 0.2) is 12.1 Å². The number of nitrogens with one attached hydrogen (secondary N) is 2. The van der Waals surface area contributed by atoms with Crippen molar-refractivity contribution in [3.8, 4) is 11.5 Å². The Morgan fingerprint density at radius 1 is 1.52 bits per heavy atom. The molecule has 3 rings (SSSR count). The van der Waals surface area contributed by atoms with E-state index in [2.05, 4.69) is 10.6 Å². The van der Waals surface area contributed by atoms with Crippen molar-refractivity contribution in [2.24, 2.45) is 0 Å². The Labute approximate surface area is 136 Å². The minimum Gasteiger partial charge on any atom is -0.494 e. The van der Waals surface area contributed by atoms with Gasteiger partial charge in [-0.25, -0.2) is 0 Å². The van der Waals surface area contributed by atoms with Crippen molar-refractivity contribution in [2.45, 2.75) is 51.5 Å². The van der Waals surface area contributed by atoms with E-state index < -0.39 is 6.10 Å². The molecular formula is C17H24N2O4. The zero-order valence-electron chi connectivity index (χ0n) is 13.6. The molecule has 2 heterocycles. The van der Waals surface area contributed by atoms with Crippen LogP contribution in [0.4, 0.5) is 0 Å². The smallest absolute Gasteiger partial charge is 0.237 e. The number of ether oxygens (including phenoxy) is 2. The Bertz CT molecular complexity index is 590. The van der Waals surface area contributed by atoms with Gasteiger partial charge in [0.05, 0.1) is 18.8 Å². The first-order valence-electron chi connectivity index (χ1n) is 8.21. The molecule has 1 aromatic carbocycles. The quantitative estimate of drug-likeness (QED) is 0.746. The molecule has 0 aromatic heterocycles. The Morgan fingerprint density at radius 3 is 3.04 bits per heavy atom. The van der Waals surface area contributed by atoms with E-state index in [1.54, 1.807) is 0 Å². The van der Waals surface area contributed by atoms with E-state index in [0.717, 1.165) is 29.0 Å². The van der Waals surface area contributed by atoms with E-state index in [0.29, 0.717) is 26.1 Å². The summed E-state index contributed by atoms with van der Waals surface area (Å²) < 4.78 is 11.5. The zero-order chi connectivity index (χ0) is 16.4. The fraction of sp³-hybridized carbons (Fsp3) is 0.588. The van der Waals surface area contributed by atoms with Crippen LogP contribution < -0.4 is 20.1 Å². The molecular weight excluding hydrogens is 296 g/mol. The molecule has 23 heavy (non-hydrogen) atoms. The standard InChI is InChI=1S/C17H24N2O4/c1-3-22-15-5-11-4-10(2)23-16(11)6-12(15)8-19-17(21)14-7-13(20)9-18-14/h5-6,10,13-14,18,20H,3-4,7-9H2,1-2H3,(H,19,21)/t10-,13-,14-/m0/s1. The molecule has 3 N–H and O–H groups in total. The van der Waals surface area contributed by atoms with Gasteiger partial charge in [0.1, 0.15) is 17.6 Å². The highest BCUT2D eigenvalue weighted by Crippen LogP contribution is 2.35. The molecule has 0 spiro atoms. The third-order valence-corrected chi connectivity index (χ3v) is 4.26. The van der Waals surface area contributed by atoms with Crippen molar-refractivity contribution in [1.29, 1.82) is 0 Å². The highest BCUT2D eigenvalue weighted by atomic mass is 16.5. The highest BCUT2D eigenvalue weighted by Gasteiger charge is 2.28. The molecule has 0 radical (unpaired) electrons. The molecule has 3 atom stereocenters. The fourth-order valence-corrected chi connectivity index (χ4v) is 3.13. The van der Waals surface area contributed by atoms with Crippen molar-refractivity contribution in [2.75, 3.05) is 13.2 Å². The van der Waals surface area contributed by atoms with Crippen LogP contribution in [0.5, 0.6) is 11.5 Å². The highest BCUT2D eigenvalue weighted by molar-refractivity contribution is 5.82. The molecule has 0 bridgehead atoms. The minimum atomic E-state index is -0.445. The molecule has 1 amide bonds. The predicted octanol–water partition coefficient (Wildman–Crippen LogP) is 0.748. The lowest BCUT2D eigenvalue weighted by Gasteiger charge is -2.15. The number of hydrogen-bond acceptors (Lipinski definition) is 5. The first-order valence-corrected chi connectivity index (χ1v) is 8.21. The van der Waals surface area contributed by atoms with Crippen LogP contribution in [0.25, 0.3) is 0 Å². The van der Waals surface area contributed by atoms with Crippen molar-refractivity contribution < 1.29 is 19.4 Å². The SMILES string of the molecule is CCOc1cc2c(cc1CNC(=O)[C@@H]1C[C@H](O)CN1)O[C@@H](C)C2. The summed E-state index contributed by atoms with van der Waals surface area (Å²) in [6.45, 7) is 5.41. The van der Waals surface area contributed by atoms with Crippen LogP contribution in [0.2, 0.25) is 0 Å². The Kier molecular flexibility index (Phi) is 4.73. The number of β-amino-alcohol motifs (C(OH)–C–C–N with tert-alkyl or cyclic N) is 1. The number of fused-ring (bicyclic) bond motifs is 1. The molecule has 1 saturated heterocycles. The summed E-state index contributed by atoms with van der Waals surface area (Å²) in [7, 11) is 0. The van der Waals surface area contributed by atoms with Crippen molar-refractivity contribution in [3.63, 3.8) is 0 Å². The Balaban J connectivity index is 1.69. The van der Waals surface area contributed by atoms with Gasteiger partial charge in [-0.05, 0) is 32.4 Å². The molecule has 2 aliphatic rings. The van der Waals surface area contributed by atoms with Gasteiger partial charge in [0.15, 0.2) is 0 Å². The molecule has 0 aliphatic carbocycles. The van der Waals surface area contributed by atoms with Crippen molar-refractivity contribution in [1.82, 2.24) is 10.6 Å². The van der Waals surface area contributed by atoms with Gasteiger partial charge in [0.2, 0.25) is 5.91 Å². The summed E-state index contributed by atoms with van der Waals surface area (Å²) >= 11 is 0. The maximum atomic E-state index is 12.2. The molecule has 6 nitrogen and oxygen atoms in total. The second-order valence-electron chi connectivity index (χ2n) is 6.20. The van der Waals surface area contributed by atoms with Gasteiger partial charge >= 0.3 is 0 Å². The summed E-state index contributed by atoms with van der Waals surface area (Å²) in [4.78, 5) is 12.2. The normalized spacial score (nSPS) is 25.8. The fourth-order valence-electron chi connectivity index (χ4n) is 3.13. The van der Waals surface area contributed by atoms with E-state index in [4.69, 9.17) is 9.47 Å². The van der Waals surface area contributed by atoms with Crippen LogP contribution in [0, 0.1) is 0 Å². The Morgan fingerprint density at radius 2 is 2.35 bits per heavy atom. The van der Waals surface area contributed by atoms with Gasteiger partial charge in [-0.2, -0.15) is 0 Å². The summed E-state index contributed by atoms with van der Waals surface area (Å²) in [5.41, 5.74) is 2.06. The number of carbonyl (C=O) groups is 1. The zero-order valence-corrected chi connectivity index (χ0v) is 13.6. The predicted molar refractivity (Wildman–Crippen MR) is 85.7 cm³/mol. The van der Waals surface area contributed by atoms with Crippen LogP contribution in [-0.2, 0) is 17.8 Å². The van der Waals surface area contributed by atoms with E-state index in [1.165, 1.54) is 0 Å². The molecule has 0 unspecified atom stereocenters. The minimum absolute atomic E-state index is 0.0983. The van der Waals surface area contributed by atoms with E-state index in [-0.39, 0.29) is 18.1 Å². The second-order valence-corrected chi connectivity index (χ2v) is 6.20. The monoisotopic (exact) mass is 320 g/mol. The number of benzene rings is 1. The summed E-state index contributed by atoms with van der Waals surface area (Å²) in [5.74, 6) is 1.57. The number of rotatable bonds is 5. The lowest BCUT2D eigenvalue weighted by atomic mass is 10.1. The largest absolute Gasteiger partial charge is 0.494 e. The number of carbonyl (C=O) groups excluding carboxylic acids is 1. The molecule has 1 aromatic rings. The number of amides is 1. The molecule has 0 saturated carbocycles. The van der Waals surface area contributed by atoms with Crippen LogP contribution in [0.1, 0.15) is 31.4 Å². The number of hydrogen-bond donors (Lipinski definition) is 3. The lowest BCUT2D eigenvalue weighted by molar-refractivity contribution is -0.123. The third kappa shape index (κ3) is 3.59. The average molecular weight is 320 g/mol. The van der Waals surface area contributed by atoms with E-state index in [9.17, 15) is 9.90 Å². The molecule has 6 heteroatoms. The molecule has 1 fully saturated rings. The van der Waals surface area contributed by atoms with Gasteiger partial charge in [-0.15, -0.1) is 0 Å². The third-order valence-electron chi connectivity index (χ3n) is 4.26. The van der Waals surface area contributed by atoms with Crippen LogP contribution in [-0.4, -0.2) is 42.4 Å². The van der Waals surface area contributed by atoms with Gasteiger partial charge in [-0.3, -0.25) is 4.79 Å². The number of aliphatic hydroxyl groups excluding tert-OH is 1. The maximum absolute atomic E-state index is 12.2. The van der Waals surface area contributed by atoms with Crippen molar-refractivity contribution >= 4 is 5.91 Å². The first-order chi connectivity index (χ1) is 11.1.